The van der Waals surface area contributed by atoms with Crippen molar-refractivity contribution < 1.29 is 14.4 Å². The maximum Gasteiger partial charge on any atom is 0.243 e. The third-order valence-corrected chi connectivity index (χ3v) is 5.60. The third kappa shape index (κ3) is 7.24. The van der Waals surface area contributed by atoms with Gasteiger partial charge in [0.25, 0.3) is 0 Å². The van der Waals surface area contributed by atoms with Gasteiger partial charge in [-0.05, 0) is 43.0 Å². The van der Waals surface area contributed by atoms with E-state index >= 15 is 0 Å². The van der Waals surface area contributed by atoms with Crippen LogP contribution < -0.4 is 10.6 Å². The summed E-state index contributed by atoms with van der Waals surface area (Å²) >= 11 is 0. The highest BCUT2D eigenvalue weighted by molar-refractivity contribution is 5.95. The number of aryl methyl sites for hydroxylation is 1. The molecule has 2 N–H and O–H groups in total. The van der Waals surface area contributed by atoms with Gasteiger partial charge in [-0.15, -0.1) is 0 Å². The van der Waals surface area contributed by atoms with E-state index in [-0.39, 0.29) is 43.3 Å². The van der Waals surface area contributed by atoms with Crippen molar-refractivity contribution in [3.63, 3.8) is 0 Å². The summed E-state index contributed by atoms with van der Waals surface area (Å²) < 4.78 is 0. The van der Waals surface area contributed by atoms with Crippen LogP contribution in [0.1, 0.15) is 43.2 Å². The van der Waals surface area contributed by atoms with Gasteiger partial charge in [-0.1, -0.05) is 61.7 Å². The van der Waals surface area contributed by atoms with Gasteiger partial charge in [0.1, 0.15) is 0 Å². The Labute approximate surface area is 184 Å². The smallest absolute Gasteiger partial charge is 0.243 e. The molecule has 164 valence electrons. The van der Waals surface area contributed by atoms with Crippen LogP contribution >= 0.6 is 0 Å². The number of hydrogen-bond acceptors (Lipinski definition) is 3. The van der Waals surface area contributed by atoms with Crippen LogP contribution in [0.25, 0.3) is 0 Å². The maximum absolute atomic E-state index is 13.0. The number of benzene rings is 2. The lowest BCUT2D eigenvalue weighted by Crippen LogP contribution is -2.48. The second-order valence-electron chi connectivity index (χ2n) is 8.17. The first-order valence-electron chi connectivity index (χ1n) is 11.0. The highest BCUT2D eigenvalue weighted by atomic mass is 16.2. The molecule has 31 heavy (non-hydrogen) atoms. The van der Waals surface area contributed by atoms with Gasteiger partial charge in [-0.2, -0.15) is 0 Å². The first kappa shape index (κ1) is 22.5. The molecule has 6 heteroatoms. The number of carbonyl (C=O) groups is 3. The zero-order valence-electron chi connectivity index (χ0n) is 18.1. The molecule has 0 aliphatic heterocycles. The van der Waals surface area contributed by atoms with E-state index in [0.717, 1.165) is 36.8 Å². The normalized spacial score (nSPS) is 14.0. The molecule has 0 bridgehead atoms. The molecule has 1 aliphatic rings. The maximum atomic E-state index is 13.0. The minimum absolute atomic E-state index is 0.0198. The highest BCUT2D eigenvalue weighted by Crippen LogP contribution is 2.23. The van der Waals surface area contributed by atoms with Crippen molar-refractivity contribution in [2.24, 2.45) is 0 Å². The predicted octanol–water partition coefficient (Wildman–Crippen LogP) is 3.45. The molecule has 0 spiro atoms. The van der Waals surface area contributed by atoms with Gasteiger partial charge in [-0.3, -0.25) is 14.4 Å². The Kier molecular flexibility index (Phi) is 8.21. The van der Waals surface area contributed by atoms with Crippen molar-refractivity contribution in [1.29, 1.82) is 0 Å². The number of anilines is 1. The monoisotopic (exact) mass is 421 g/mol. The molecule has 0 saturated heterocycles. The third-order valence-electron chi connectivity index (χ3n) is 5.60. The average Bonchev–Trinajstić information content (AvgIpc) is 2.77. The fraction of sp³-hybridized carbons (Fsp3) is 0.400. The van der Waals surface area contributed by atoms with Crippen molar-refractivity contribution in [3.05, 3.63) is 65.7 Å². The Morgan fingerprint density at radius 1 is 0.935 bits per heavy atom. The Balaban J connectivity index is 1.55. The molecule has 1 saturated carbocycles. The molecule has 1 fully saturated rings. The largest absolute Gasteiger partial charge is 0.345 e. The number of carbonyl (C=O) groups excluding carboxylic acids is 3. The van der Waals surface area contributed by atoms with E-state index in [2.05, 4.69) is 10.6 Å². The van der Waals surface area contributed by atoms with Crippen LogP contribution in [0.2, 0.25) is 0 Å². The molecular formula is C25H31N3O3. The van der Waals surface area contributed by atoms with Crippen LogP contribution in [0.4, 0.5) is 5.69 Å². The van der Waals surface area contributed by atoms with Crippen molar-refractivity contribution in [2.45, 2.75) is 51.5 Å². The highest BCUT2D eigenvalue weighted by Gasteiger charge is 2.27. The summed E-state index contributed by atoms with van der Waals surface area (Å²) in [6.07, 6.45) is 5.42. The summed E-state index contributed by atoms with van der Waals surface area (Å²) in [5.41, 5.74) is 2.68. The standard InChI is InChI=1S/C25H31N3O3/c1-19-9-8-12-21(15-19)27-23(29)17-26-24(30)18-28(22-13-6-3-7-14-22)25(31)16-20-10-4-2-5-11-20/h2,4-5,8-12,15,22H,3,6-7,13-14,16-18H2,1H3,(H,26,30)(H,27,29). The van der Waals surface area contributed by atoms with E-state index in [0.29, 0.717) is 5.69 Å². The molecule has 0 aromatic heterocycles. The molecule has 2 aromatic rings. The second kappa shape index (κ2) is 11.3. The van der Waals surface area contributed by atoms with E-state index in [1.807, 2.05) is 55.5 Å². The Bertz CT molecular complexity index is 892. The summed E-state index contributed by atoms with van der Waals surface area (Å²) in [4.78, 5) is 39.5. The summed E-state index contributed by atoms with van der Waals surface area (Å²) in [7, 11) is 0. The molecule has 6 nitrogen and oxygen atoms in total. The molecule has 0 atom stereocenters. The van der Waals surface area contributed by atoms with Crippen LogP contribution in [0.5, 0.6) is 0 Å². The summed E-state index contributed by atoms with van der Waals surface area (Å²) in [5, 5.41) is 5.44. The molecular weight excluding hydrogens is 390 g/mol. The average molecular weight is 422 g/mol. The number of rotatable bonds is 8. The number of nitrogens with one attached hydrogen (secondary N) is 2. The fourth-order valence-corrected chi connectivity index (χ4v) is 4.00. The van der Waals surface area contributed by atoms with Gasteiger partial charge in [-0.25, -0.2) is 0 Å². The number of hydrogen-bond donors (Lipinski definition) is 2. The van der Waals surface area contributed by atoms with Crippen LogP contribution in [0, 0.1) is 6.92 Å². The lowest BCUT2D eigenvalue weighted by molar-refractivity contribution is -0.138. The van der Waals surface area contributed by atoms with Gasteiger partial charge < -0.3 is 15.5 Å². The van der Waals surface area contributed by atoms with E-state index in [9.17, 15) is 14.4 Å². The quantitative estimate of drug-likeness (QED) is 0.685. The van der Waals surface area contributed by atoms with Gasteiger partial charge in [0.2, 0.25) is 17.7 Å². The first-order valence-corrected chi connectivity index (χ1v) is 11.0. The van der Waals surface area contributed by atoms with E-state index < -0.39 is 0 Å². The zero-order chi connectivity index (χ0) is 22.1. The minimum Gasteiger partial charge on any atom is -0.345 e. The first-order chi connectivity index (χ1) is 15.0. The van der Waals surface area contributed by atoms with Gasteiger partial charge in [0.05, 0.1) is 19.5 Å². The summed E-state index contributed by atoms with van der Waals surface area (Å²) in [6, 6.07) is 17.2. The SMILES string of the molecule is Cc1cccc(NC(=O)CNC(=O)CN(C(=O)Cc2ccccc2)C2CCCCC2)c1. The summed E-state index contributed by atoms with van der Waals surface area (Å²) in [5.74, 6) is -0.650. The van der Waals surface area contributed by atoms with E-state index in [4.69, 9.17) is 0 Å². The topological polar surface area (TPSA) is 78.5 Å². The predicted molar refractivity (Wildman–Crippen MR) is 122 cm³/mol. The van der Waals surface area contributed by atoms with Crippen molar-refractivity contribution in [1.82, 2.24) is 10.2 Å². The molecule has 0 radical (unpaired) electrons. The minimum atomic E-state index is -0.314. The number of amides is 3. The summed E-state index contributed by atoms with van der Waals surface area (Å²) in [6.45, 7) is 1.80. The Morgan fingerprint density at radius 3 is 2.39 bits per heavy atom. The van der Waals surface area contributed by atoms with Gasteiger partial charge >= 0.3 is 0 Å². The van der Waals surface area contributed by atoms with Crippen molar-refractivity contribution in [3.8, 4) is 0 Å². The fourth-order valence-electron chi connectivity index (χ4n) is 4.00. The Hall–Kier alpha value is -3.15. The van der Waals surface area contributed by atoms with Crippen LogP contribution in [-0.4, -0.2) is 41.8 Å². The number of nitrogens with zero attached hydrogens (tertiary/aromatic N) is 1. The molecule has 3 amide bonds. The zero-order valence-corrected chi connectivity index (χ0v) is 18.1. The van der Waals surface area contributed by atoms with Crippen molar-refractivity contribution in [2.75, 3.05) is 18.4 Å². The molecule has 1 aliphatic carbocycles. The molecule has 0 unspecified atom stereocenters. The molecule has 3 rings (SSSR count). The van der Waals surface area contributed by atoms with Gasteiger partial charge in [0, 0.05) is 11.7 Å². The van der Waals surface area contributed by atoms with Gasteiger partial charge in [0.15, 0.2) is 0 Å². The van der Waals surface area contributed by atoms with Crippen molar-refractivity contribution >= 4 is 23.4 Å². The lowest BCUT2D eigenvalue weighted by Gasteiger charge is -2.34. The van der Waals surface area contributed by atoms with E-state index in [1.54, 1.807) is 11.0 Å². The Morgan fingerprint density at radius 2 is 1.68 bits per heavy atom. The second-order valence-corrected chi connectivity index (χ2v) is 8.17. The lowest BCUT2D eigenvalue weighted by atomic mass is 9.93. The van der Waals surface area contributed by atoms with E-state index in [1.165, 1.54) is 6.42 Å². The van der Waals surface area contributed by atoms with Crippen LogP contribution in [-0.2, 0) is 20.8 Å². The molecule has 2 aromatic carbocycles. The van der Waals surface area contributed by atoms with Crippen LogP contribution in [0.3, 0.4) is 0 Å². The van der Waals surface area contributed by atoms with Crippen LogP contribution in [0.15, 0.2) is 54.6 Å². The molecule has 0 heterocycles.